The summed E-state index contributed by atoms with van der Waals surface area (Å²) in [4.78, 5) is 4.04. The van der Waals surface area contributed by atoms with Crippen molar-refractivity contribution in [1.82, 2.24) is 4.98 Å². The van der Waals surface area contributed by atoms with Gasteiger partial charge in [-0.2, -0.15) is 0 Å². The van der Waals surface area contributed by atoms with Gasteiger partial charge in [0.05, 0.1) is 12.8 Å². The van der Waals surface area contributed by atoms with Crippen molar-refractivity contribution in [3.63, 3.8) is 0 Å². The summed E-state index contributed by atoms with van der Waals surface area (Å²) in [5, 5.41) is 0. The van der Waals surface area contributed by atoms with Crippen LogP contribution in [0, 0.1) is 0 Å². The van der Waals surface area contributed by atoms with E-state index in [1.54, 1.807) is 6.20 Å². The number of hydrogen-bond donors (Lipinski definition) is 0. The zero-order chi connectivity index (χ0) is 8.81. The summed E-state index contributed by atoms with van der Waals surface area (Å²) < 4.78 is 5.29. The van der Waals surface area contributed by atoms with E-state index in [9.17, 15) is 0 Å². The highest BCUT2D eigenvalue weighted by Crippen LogP contribution is 2.11. The molecular formula is C9H12ClNO. The molecule has 0 fully saturated rings. The maximum Gasteiger partial charge on any atom is 0.137 e. The van der Waals surface area contributed by atoms with Crippen LogP contribution in [0.2, 0.25) is 0 Å². The third kappa shape index (κ3) is 2.70. The average Bonchev–Trinajstić information content (AvgIpc) is 2.06. The van der Waals surface area contributed by atoms with Crippen molar-refractivity contribution in [3.8, 4) is 5.75 Å². The minimum atomic E-state index is 0.622. The van der Waals surface area contributed by atoms with Gasteiger partial charge in [-0.3, -0.25) is 4.98 Å². The Morgan fingerprint density at radius 3 is 3.00 bits per heavy atom. The number of hydrogen-bond acceptors (Lipinski definition) is 2. The summed E-state index contributed by atoms with van der Waals surface area (Å²) >= 11 is 5.60. The molecule has 3 heteroatoms. The van der Waals surface area contributed by atoms with E-state index in [4.69, 9.17) is 16.3 Å². The maximum absolute atomic E-state index is 5.60. The Morgan fingerprint density at radius 1 is 1.50 bits per heavy atom. The van der Waals surface area contributed by atoms with Gasteiger partial charge >= 0.3 is 0 Å². The second kappa shape index (κ2) is 4.99. The van der Waals surface area contributed by atoms with Gasteiger partial charge in [0, 0.05) is 12.1 Å². The number of aromatic nitrogens is 1. The number of ether oxygens (including phenoxy) is 1. The summed E-state index contributed by atoms with van der Waals surface area (Å²) in [6.07, 6.45) is 4.36. The fourth-order valence-electron chi connectivity index (χ4n) is 0.955. The molecule has 0 aromatic carbocycles. The van der Waals surface area contributed by atoms with Crippen LogP contribution in [-0.2, 0) is 6.42 Å². The van der Waals surface area contributed by atoms with E-state index in [1.807, 2.05) is 19.2 Å². The van der Waals surface area contributed by atoms with Gasteiger partial charge in [0.1, 0.15) is 5.75 Å². The van der Waals surface area contributed by atoms with Crippen molar-refractivity contribution >= 4 is 11.6 Å². The molecule has 0 saturated heterocycles. The van der Waals surface area contributed by atoms with Gasteiger partial charge in [-0.25, -0.2) is 0 Å². The fraction of sp³-hybridized carbons (Fsp3) is 0.444. The van der Waals surface area contributed by atoms with E-state index in [0.29, 0.717) is 12.5 Å². The van der Waals surface area contributed by atoms with Gasteiger partial charge in [0.25, 0.3) is 0 Å². The SMILES string of the molecule is CCOc1cncc(CCCl)c1. The highest BCUT2D eigenvalue weighted by Gasteiger charge is 1.95. The molecule has 0 unspecified atom stereocenters. The minimum absolute atomic E-state index is 0.622. The largest absolute Gasteiger partial charge is 0.492 e. The van der Waals surface area contributed by atoms with E-state index in [0.717, 1.165) is 17.7 Å². The first-order valence-electron chi connectivity index (χ1n) is 3.99. The molecule has 0 N–H and O–H groups in total. The lowest BCUT2D eigenvalue weighted by atomic mass is 10.2. The first-order valence-corrected chi connectivity index (χ1v) is 4.53. The molecule has 1 aromatic heterocycles. The van der Waals surface area contributed by atoms with Crippen molar-refractivity contribution in [2.75, 3.05) is 12.5 Å². The molecular weight excluding hydrogens is 174 g/mol. The first kappa shape index (κ1) is 9.33. The molecule has 0 aliphatic heterocycles. The molecule has 1 aromatic rings. The minimum Gasteiger partial charge on any atom is -0.492 e. The van der Waals surface area contributed by atoms with Crippen LogP contribution < -0.4 is 4.74 Å². The quantitative estimate of drug-likeness (QED) is 0.672. The summed E-state index contributed by atoms with van der Waals surface area (Å²) in [6.45, 7) is 2.63. The zero-order valence-electron chi connectivity index (χ0n) is 7.09. The Bertz CT molecular complexity index is 218. The number of alkyl halides is 1. The molecule has 0 radical (unpaired) electrons. The number of aryl methyl sites for hydroxylation is 1. The van der Waals surface area contributed by atoms with Crippen LogP contribution in [0.4, 0.5) is 0 Å². The van der Waals surface area contributed by atoms with Gasteiger partial charge in [0.15, 0.2) is 0 Å². The van der Waals surface area contributed by atoms with Crippen LogP contribution in [-0.4, -0.2) is 17.5 Å². The number of nitrogens with zero attached hydrogens (tertiary/aromatic N) is 1. The molecule has 0 amide bonds. The first-order chi connectivity index (χ1) is 5.86. The van der Waals surface area contributed by atoms with Crippen LogP contribution in [0.15, 0.2) is 18.5 Å². The Labute approximate surface area is 77.5 Å². The summed E-state index contributed by atoms with van der Waals surface area (Å²) in [7, 11) is 0. The maximum atomic E-state index is 5.60. The van der Waals surface area contributed by atoms with Crippen molar-refractivity contribution in [2.24, 2.45) is 0 Å². The molecule has 66 valence electrons. The average molecular weight is 186 g/mol. The Morgan fingerprint density at radius 2 is 2.33 bits per heavy atom. The second-order valence-electron chi connectivity index (χ2n) is 2.40. The van der Waals surface area contributed by atoms with Crippen LogP contribution >= 0.6 is 11.6 Å². The molecule has 0 aliphatic carbocycles. The van der Waals surface area contributed by atoms with Crippen LogP contribution in [0.1, 0.15) is 12.5 Å². The highest BCUT2D eigenvalue weighted by molar-refractivity contribution is 6.17. The third-order valence-electron chi connectivity index (χ3n) is 1.46. The van der Waals surface area contributed by atoms with Crippen LogP contribution in [0.3, 0.4) is 0 Å². The normalized spacial score (nSPS) is 9.83. The highest BCUT2D eigenvalue weighted by atomic mass is 35.5. The fourth-order valence-corrected chi connectivity index (χ4v) is 1.17. The molecule has 1 heterocycles. The summed E-state index contributed by atoms with van der Waals surface area (Å²) in [5.41, 5.74) is 1.12. The van der Waals surface area contributed by atoms with Gasteiger partial charge < -0.3 is 4.74 Å². The van der Waals surface area contributed by atoms with Gasteiger partial charge in [-0.15, -0.1) is 11.6 Å². The lowest BCUT2D eigenvalue weighted by molar-refractivity contribution is 0.338. The number of halogens is 1. The Balaban J connectivity index is 2.67. The van der Waals surface area contributed by atoms with Crippen molar-refractivity contribution in [3.05, 3.63) is 24.0 Å². The summed E-state index contributed by atoms with van der Waals surface area (Å²) in [6, 6.07) is 1.97. The van der Waals surface area contributed by atoms with Crippen molar-refractivity contribution in [2.45, 2.75) is 13.3 Å². The topological polar surface area (TPSA) is 22.1 Å². The molecule has 2 nitrogen and oxygen atoms in total. The molecule has 0 spiro atoms. The molecule has 0 atom stereocenters. The Hall–Kier alpha value is -0.760. The number of rotatable bonds is 4. The third-order valence-corrected chi connectivity index (χ3v) is 1.65. The van der Waals surface area contributed by atoms with Crippen molar-refractivity contribution in [1.29, 1.82) is 0 Å². The Kier molecular flexibility index (Phi) is 3.88. The molecule has 0 aliphatic rings. The van der Waals surface area contributed by atoms with Crippen molar-refractivity contribution < 1.29 is 4.74 Å². The summed E-state index contributed by atoms with van der Waals surface area (Å²) in [5.74, 6) is 1.44. The van der Waals surface area contributed by atoms with E-state index < -0.39 is 0 Å². The van der Waals surface area contributed by atoms with Gasteiger partial charge in [-0.05, 0) is 25.0 Å². The smallest absolute Gasteiger partial charge is 0.137 e. The second-order valence-corrected chi connectivity index (χ2v) is 2.78. The zero-order valence-corrected chi connectivity index (χ0v) is 7.84. The van der Waals surface area contributed by atoms with E-state index in [1.165, 1.54) is 0 Å². The van der Waals surface area contributed by atoms with Gasteiger partial charge in [0.2, 0.25) is 0 Å². The lowest BCUT2D eigenvalue weighted by Crippen LogP contribution is -1.94. The standard InChI is InChI=1S/C9H12ClNO/c1-2-12-9-5-8(3-4-10)6-11-7-9/h5-7H,2-4H2,1H3. The van der Waals surface area contributed by atoms with Gasteiger partial charge in [-0.1, -0.05) is 0 Å². The number of pyridine rings is 1. The van der Waals surface area contributed by atoms with Crippen LogP contribution in [0.25, 0.3) is 0 Å². The molecule has 1 rings (SSSR count). The predicted molar refractivity (Wildman–Crippen MR) is 49.8 cm³/mol. The lowest BCUT2D eigenvalue weighted by Gasteiger charge is -2.03. The van der Waals surface area contributed by atoms with Crippen LogP contribution in [0.5, 0.6) is 5.75 Å². The van der Waals surface area contributed by atoms with E-state index in [2.05, 4.69) is 4.98 Å². The monoisotopic (exact) mass is 185 g/mol. The van der Waals surface area contributed by atoms with E-state index in [-0.39, 0.29) is 0 Å². The molecule has 0 bridgehead atoms. The molecule has 12 heavy (non-hydrogen) atoms. The van der Waals surface area contributed by atoms with E-state index >= 15 is 0 Å². The predicted octanol–water partition coefficient (Wildman–Crippen LogP) is 2.26. The molecule has 0 saturated carbocycles.